The van der Waals surface area contributed by atoms with Gasteiger partial charge >= 0.3 is 0 Å². The molecule has 0 saturated carbocycles. The van der Waals surface area contributed by atoms with Gasteiger partial charge in [0.2, 0.25) is 10.0 Å². The molecule has 120 valence electrons. The number of benzene rings is 1. The first-order valence-corrected chi connectivity index (χ1v) is 9.14. The quantitative estimate of drug-likeness (QED) is 0.607. The smallest absolute Gasteiger partial charge is 0.212 e. The van der Waals surface area contributed by atoms with Gasteiger partial charge in [0.05, 0.1) is 5.75 Å². The second kappa shape index (κ2) is 9.76. The highest BCUT2D eigenvalue weighted by Crippen LogP contribution is 2.10. The van der Waals surface area contributed by atoms with E-state index >= 15 is 0 Å². The molecule has 0 atom stereocenters. The predicted molar refractivity (Wildman–Crippen MR) is 89.3 cm³/mol. The zero-order valence-corrected chi connectivity index (χ0v) is 13.8. The van der Waals surface area contributed by atoms with Crippen LogP contribution in [0.2, 0.25) is 0 Å². The van der Waals surface area contributed by atoms with Crippen molar-refractivity contribution >= 4 is 15.7 Å². The molecule has 1 aromatic carbocycles. The Bertz CT molecular complexity index is 477. The summed E-state index contributed by atoms with van der Waals surface area (Å²) in [7, 11) is -1.14. The van der Waals surface area contributed by atoms with Crippen LogP contribution in [-0.4, -0.2) is 47.4 Å². The summed E-state index contributed by atoms with van der Waals surface area (Å²) in [5, 5.41) is 3.09. The van der Waals surface area contributed by atoms with E-state index in [4.69, 9.17) is 0 Å². The van der Waals surface area contributed by atoms with Gasteiger partial charge in [-0.1, -0.05) is 25.1 Å². The normalized spacial score (nSPS) is 11.5. The van der Waals surface area contributed by atoms with Crippen LogP contribution in [0.3, 0.4) is 0 Å². The molecule has 5 nitrogen and oxygen atoms in total. The van der Waals surface area contributed by atoms with Gasteiger partial charge < -0.3 is 10.2 Å². The number of para-hydroxylation sites is 1. The summed E-state index contributed by atoms with van der Waals surface area (Å²) in [6, 6.07) is 10.1. The van der Waals surface area contributed by atoms with Crippen LogP contribution in [0, 0.1) is 0 Å². The second-order valence-corrected chi connectivity index (χ2v) is 7.00. The van der Waals surface area contributed by atoms with Gasteiger partial charge in [-0.15, -0.1) is 0 Å². The van der Waals surface area contributed by atoms with E-state index in [0.29, 0.717) is 13.1 Å². The van der Waals surface area contributed by atoms with E-state index < -0.39 is 10.0 Å². The number of rotatable bonds is 11. The lowest BCUT2D eigenvalue weighted by atomic mass is 10.3. The molecule has 0 spiro atoms. The van der Waals surface area contributed by atoms with Crippen molar-refractivity contribution in [3.63, 3.8) is 0 Å². The lowest BCUT2D eigenvalue weighted by Crippen LogP contribution is -2.34. The van der Waals surface area contributed by atoms with Crippen LogP contribution in [0.25, 0.3) is 0 Å². The van der Waals surface area contributed by atoms with Crippen LogP contribution in [0.15, 0.2) is 30.3 Å². The molecule has 0 aliphatic rings. The molecule has 6 heteroatoms. The summed E-state index contributed by atoms with van der Waals surface area (Å²) in [5.74, 6) is 0.140. The molecule has 0 aliphatic heterocycles. The monoisotopic (exact) mass is 313 g/mol. The summed E-state index contributed by atoms with van der Waals surface area (Å²) in [6.45, 7) is 4.72. The molecule has 0 unspecified atom stereocenters. The molecule has 0 radical (unpaired) electrons. The summed E-state index contributed by atoms with van der Waals surface area (Å²) < 4.78 is 26.1. The number of nitrogens with zero attached hydrogens (tertiary/aromatic N) is 1. The summed E-state index contributed by atoms with van der Waals surface area (Å²) in [4.78, 5) is 2.12. The molecule has 0 aromatic heterocycles. The van der Waals surface area contributed by atoms with Gasteiger partial charge in [0.1, 0.15) is 0 Å². The predicted octanol–water partition coefficient (Wildman–Crippen LogP) is 1.43. The first-order valence-electron chi connectivity index (χ1n) is 7.49. The summed E-state index contributed by atoms with van der Waals surface area (Å²) >= 11 is 0. The van der Waals surface area contributed by atoms with E-state index in [1.807, 2.05) is 37.4 Å². The Morgan fingerprint density at radius 1 is 1.10 bits per heavy atom. The molecular formula is C15H27N3O2S. The van der Waals surface area contributed by atoms with Crippen molar-refractivity contribution in [2.75, 3.05) is 43.9 Å². The molecule has 0 heterocycles. The maximum Gasteiger partial charge on any atom is 0.212 e. The van der Waals surface area contributed by atoms with E-state index in [1.54, 1.807) is 0 Å². The Morgan fingerprint density at radius 2 is 1.81 bits per heavy atom. The second-order valence-electron chi connectivity index (χ2n) is 5.07. The largest absolute Gasteiger partial charge is 0.375 e. The van der Waals surface area contributed by atoms with Crippen LogP contribution in [0.5, 0.6) is 0 Å². The van der Waals surface area contributed by atoms with Crippen molar-refractivity contribution in [1.29, 1.82) is 0 Å². The average molecular weight is 313 g/mol. The minimum absolute atomic E-state index is 0.140. The fraction of sp³-hybridized carbons (Fsp3) is 0.600. The van der Waals surface area contributed by atoms with E-state index in [0.717, 1.165) is 31.6 Å². The van der Waals surface area contributed by atoms with Gasteiger partial charge in [-0.25, -0.2) is 13.1 Å². The number of hydrogen-bond donors (Lipinski definition) is 2. The van der Waals surface area contributed by atoms with E-state index in [9.17, 15) is 8.42 Å². The van der Waals surface area contributed by atoms with Crippen molar-refractivity contribution in [3.8, 4) is 0 Å². The molecule has 0 aliphatic carbocycles. The first-order chi connectivity index (χ1) is 10.0. The van der Waals surface area contributed by atoms with Crippen LogP contribution in [0.1, 0.15) is 19.8 Å². The summed E-state index contributed by atoms with van der Waals surface area (Å²) in [6.07, 6.45) is 1.80. The lowest BCUT2D eigenvalue weighted by Gasteiger charge is -2.19. The van der Waals surface area contributed by atoms with Gasteiger partial charge in [-0.2, -0.15) is 0 Å². The Hall–Kier alpha value is -1.11. The molecule has 0 bridgehead atoms. The van der Waals surface area contributed by atoms with E-state index in [2.05, 4.69) is 21.9 Å². The number of nitrogens with one attached hydrogen (secondary N) is 2. The molecule has 1 rings (SSSR count). The zero-order valence-electron chi connectivity index (χ0n) is 13.0. The molecule has 0 fully saturated rings. The maximum atomic E-state index is 11.7. The highest BCUT2D eigenvalue weighted by atomic mass is 32.2. The van der Waals surface area contributed by atoms with E-state index in [1.165, 1.54) is 0 Å². The molecule has 2 N–H and O–H groups in total. The Morgan fingerprint density at radius 3 is 2.48 bits per heavy atom. The maximum absolute atomic E-state index is 11.7. The van der Waals surface area contributed by atoms with Crippen molar-refractivity contribution in [1.82, 2.24) is 10.0 Å². The van der Waals surface area contributed by atoms with Gasteiger partial charge in [0.25, 0.3) is 0 Å². The Kier molecular flexibility index (Phi) is 8.34. The third-order valence-electron chi connectivity index (χ3n) is 3.16. The third-order valence-corrected chi connectivity index (χ3v) is 4.55. The van der Waals surface area contributed by atoms with Gasteiger partial charge in [0, 0.05) is 32.4 Å². The summed E-state index contributed by atoms with van der Waals surface area (Å²) in [5.41, 5.74) is 1.14. The SMILES string of the molecule is CCCNCCS(=O)(=O)NCCCN(C)c1ccccc1. The molecule has 1 aromatic rings. The third kappa shape index (κ3) is 8.04. The number of hydrogen-bond acceptors (Lipinski definition) is 4. The minimum Gasteiger partial charge on any atom is -0.375 e. The zero-order chi connectivity index (χ0) is 15.6. The van der Waals surface area contributed by atoms with Crippen LogP contribution < -0.4 is 14.9 Å². The number of sulfonamides is 1. The van der Waals surface area contributed by atoms with Crippen molar-refractivity contribution in [2.45, 2.75) is 19.8 Å². The topological polar surface area (TPSA) is 61.4 Å². The van der Waals surface area contributed by atoms with Crippen molar-refractivity contribution in [3.05, 3.63) is 30.3 Å². The Balaban J connectivity index is 2.18. The van der Waals surface area contributed by atoms with Gasteiger partial charge in [-0.3, -0.25) is 0 Å². The molecular weight excluding hydrogens is 286 g/mol. The van der Waals surface area contributed by atoms with Crippen molar-refractivity contribution < 1.29 is 8.42 Å². The van der Waals surface area contributed by atoms with Crippen LogP contribution in [0.4, 0.5) is 5.69 Å². The Labute approximate surface area is 128 Å². The van der Waals surface area contributed by atoms with Gasteiger partial charge in [-0.05, 0) is 31.5 Å². The van der Waals surface area contributed by atoms with Crippen LogP contribution >= 0.6 is 0 Å². The van der Waals surface area contributed by atoms with Gasteiger partial charge in [0.15, 0.2) is 0 Å². The van der Waals surface area contributed by atoms with E-state index in [-0.39, 0.29) is 5.75 Å². The minimum atomic E-state index is -3.16. The highest BCUT2D eigenvalue weighted by Gasteiger charge is 2.08. The fourth-order valence-electron chi connectivity index (χ4n) is 1.94. The molecule has 0 amide bonds. The average Bonchev–Trinajstić information content (AvgIpc) is 2.49. The van der Waals surface area contributed by atoms with Crippen LogP contribution in [-0.2, 0) is 10.0 Å². The standard InChI is InChI=1S/C15H27N3O2S/c1-3-10-16-12-14-21(19,20)17-11-7-13-18(2)15-8-5-4-6-9-15/h4-6,8-9,16-17H,3,7,10-14H2,1-2H3. The fourth-order valence-corrected chi connectivity index (χ4v) is 2.95. The highest BCUT2D eigenvalue weighted by molar-refractivity contribution is 7.89. The molecule has 0 saturated heterocycles. The van der Waals surface area contributed by atoms with Crippen molar-refractivity contribution in [2.24, 2.45) is 0 Å². The number of anilines is 1. The molecule has 21 heavy (non-hydrogen) atoms. The lowest BCUT2D eigenvalue weighted by molar-refractivity contribution is 0.574. The first kappa shape index (κ1) is 17.9.